The molecule has 0 spiro atoms. The summed E-state index contributed by atoms with van der Waals surface area (Å²) >= 11 is 1.61. The zero-order valence-corrected chi connectivity index (χ0v) is 4.84. The Labute approximate surface area is 46.9 Å². The monoisotopic (exact) mass is 116 g/mol. The standard InChI is InChI=1S/C4H6NOS/c1-6-4-2-5-3-7-4/h5H,3H2,1H3. The van der Waals surface area contributed by atoms with Crippen molar-refractivity contribution >= 4 is 11.8 Å². The first-order valence-corrected chi connectivity index (χ1v) is 2.94. The molecule has 7 heavy (non-hydrogen) atoms. The number of methoxy groups -OCH3 is 1. The maximum Gasteiger partial charge on any atom is 0.180 e. The molecule has 0 saturated carbocycles. The minimum absolute atomic E-state index is 0.847. The molecule has 0 aliphatic carbocycles. The van der Waals surface area contributed by atoms with Crippen molar-refractivity contribution in [2.24, 2.45) is 0 Å². The van der Waals surface area contributed by atoms with Crippen LogP contribution in [0.15, 0.2) is 5.09 Å². The van der Waals surface area contributed by atoms with E-state index < -0.39 is 0 Å². The van der Waals surface area contributed by atoms with Crippen molar-refractivity contribution in [1.82, 2.24) is 5.32 Å². The van der Waals surface area contributed by atoms with Crippen LogP contribution in [-0.2, 0) is 4.74 Å². The van der Waals surface area contributed by atoms with E-state index in [9.17, 15) is 0 Å². The van der Waals surface area contributed by atoms with E-state index in [0.717, 1.165) is 11.0 Å². The van der Waals surface area contributed by atoms with Gasteiger partial charge in [-0.05, 0) is 0 Å². The number of nitrogens with one attached hydrogen (secondary N) is 1. The fraction of sp³-hybridized carbons (Fsp3) is 0.500. The van der Waals surface area contributed by atoms with Crippen LogP contribution in [0.2, 0.25) is 0 Å². The van der Waals surface area contributed by atoms with E-state index in [0.29, 0.717) is 0 Å². The Kier molecular flexibility index (Phi) is 1.46. The third-order valence-electron chi connectivity index (χ3n) is 0.651. The van der Waals surface area contributed by atoms with Gasteiger partial charge in [-0.3, -0.25) is 0 Å². The van der Waals surface area contributed by atoms with Gasteiger partial charge in [0.2, 0.25) is 0 Å². The van der Waals surface area contributed by atoms with Gasteiger partial charge in [-0.1, -0.05) is 11.8 Å². The molecule has 1 N–H and O–H groups in total. The van der Waals surface area contributed by atoms with Gasteiger partial charge in [0.25, 0.3) is 0 Å². The third-order valence-corrected chi connectivity index (χ3v) is 1.47. The third kappa shape index (κ3) is 1.03. The summed E-state index contributed by atoms with van der Waals surface area (Å²) in [5.41, 5.74) is 0. The molecule has 0 saturated heterocycles. The van der Waals surface area contributed by atoms with Gasteiger partial charge in [-0.25, -0.2) is 0 Å². The first-order valence-electron chi connectivity index (χ1n) is 1.96. The van der Waals surface area contributed by atoms with E-state index >= 15 is 0 Å². The molecule has 1 heterocycles. The second-order valence-electron chi connectivity index (χ2n) is 1.08. The zero-order valence-electron chi connectivity index (χ0n) is 4.02. The lowest BCUT2D eigenvalue weighted by Crippen LogP contribution is -1.95. The van der Waals surface area contributed by atoms with Crippen molar-refractivity contribution in [3.63, 3.8) is 0 Å². The zero-order chi connectivity index (χ0) is 5.11. The van der Waals surface area contributed by atoms with Gasteiger partial charge >= 0.3 is 0 Å². The van der Waals surface area contributed by atoms with Crippen molar-refractivity contribution in [2.45, 2.75) is 0 Å². The molecular formula is C4H6NOS. The number of rotatable bonds is 1. The Morgan fingerprint density at radius 2 is 2.86 bits per heavy atom. The maximum atomic E-state index is 4.82. The molecule has 0 aromatic heterocycles. The number of ether oxygens (including phenoxy) is 1. The van der Waals surface area contributed by atoms with Gasteiger partial charge in [0.15, 0.2) is 5.09 Å². The molecule has 39 valence electrons. The normalized spacial score (nSPS) is 18.1. The second-order valence-corrected chi connectivity index (χ2v) is 2.03. The Morgan fingerprint density at radius 1 is 2.00 bits per heavy atom. The summed E-state index contributed by atoms with van der Waals surface area (Å²) in [6.07, 6.45) is 2.81. The summed E-state index contributed by atoms with van der Waals surface area (Å²) in [4.78, 5) is 0. The molecule has 1 radical (unpaired) electrons. The predicted molar refractivity (Wildman–Crippen MR) is 29.4 cm³/mol. The van der Waals surface area contributed by atoms with Crippen LogP contribution in [0, 0.1) is 6.20 Å². The van der Waals surface area contributed by atoms with Gasteiger partial charge in [-0.2, -0.15) is 0 Å². The van der Waals surface area contributed by atoms with Crippen LogP contribution in [0.5, 0.6) is 0 Å². The van der Waals surface area contributed by atoms with E-state index in [1.165, 1.54) is 0 Å². The largest absolute Gasteiger partial charge is 0.488 e. The summed E-state index contributed by atoms with van der Waals surface area (Å²) in [7, 11) is 1.64. The van der Waals surface area contributed by atoms with Crippen molar-refractivity contribution in [2.75, 3.05) is 13.0 Å². The Hall–Kier alpha value is -0.310. The molecule has 3 heteroatoms. The number of thioether (sulfide) groups is 1. The van der Waals surface area contributed by atoms with Crippen LogP contribution in [-0.4, -0.2) is 13.0 Å². The van der Waals surface area contributed by atoms with E-state index in [2.05, 4.69) is 11.5 Å². The Bertz CT molecular complexity index is 91.7. The topological polar surface area (TPSA) is 21.3 Å². The average molecular weight is 116 g/mol. The molecule has 0 unspecified atom stereocenters. The van der Waals surface area contributed by atoms with Gasteiger partial charge in [0.05, 0.1) is 13.0 Å². The van der Waals surface area contributed by atoms with Gasteiger partial charge in [-0.15, -0.1) is 0 Å². The van der Waals surface area contributed by atoms with Crippen LogP contribution >= 0.6 is 11.8 Å². The molecule has 1 aliphatic rings. The molecule has 0 atom stereocenters. The van der Waals surface area contributed by atoms with Gasteiger partial charge in [0.1, 0.15) is 6.20 Å². The van der Waals surface area contributed by atoms with E-state index in [-0.39, 0.29) is 0 Å². The fourth-order valence-corrected chi connectivity index (χ4v) is 0.894. The summed E-state index contributed by atoms with van der Waals surface area (Å²) in [5.74, 6) is 0.892. The van der Waals surface area contributed by atoms with Crippen molar-refractivity contribution in [1.29, 1.82) is 0 Å². The molecule has 0 aromatic carbocycles. The number of hydrogen-bond acceptors (Lipinski definition) is 3. The van der Waals surface area contributed by atoms with Crippen molar-refractivity contribution in [3.8, 4) is 0 Å². The van der Waals surface area contributed by atoms with Crippen LogP contribution in [0.3, 0.4) is 0 Å². The summed E-state index contributed by atoms with van der Waals surface area (Å²) in [6.45, 7) is 0. The highest BCUT2D eigenvalue weighted by Crippen LogP contribution is 2.16. The smallest absolute Gasteiger partial charge is 0.180 e. The van der Waals surface area contributed by atoms with Crippen molar-refractivity contribution < 1.29 is 4.74 Å². The molecule has 0 aromatic rings. The van der Waals surface area contributed by atoms with Gasteiger partial charge < -0.3 is 10.1 Å². The van der Waals surface area contributed by atoms with E-state index in [1.54, 1.807) is 18.9 Å². The van der Waals surface area contributed by atoms with Crippen LogP contribution in [0.4, 0.5) is 0 Å². The van der Waals surface area contributed by atoms with Gasteiger partial charge in [0, 0.05) is 0 Å². The predicted octanol–water partition coefficient (Wildman–Crippen LogP) is 0.529. The molecule has 0 amide bonds. The molecule has 1 rings (SSSR count). The van der Waals surface area contributed by atoms with Crippen molar-refractivity contribution in [3.05, 3.63) is 11.3 Å². The number of hydrogen-bond donors (Lipinski definition) is 1. The van der Waals surface area contributed by atoms with Crippen LogP contribution in [0.25, 0.3) is 0 Å². The molecule has 0 bridgehead atoms. The average Bonchev–Trinajstić information content (AvgIpc) is 2.14. The lowest BCUT2D eigenvalue weighted by molar-refractivity contribution is 0.322. The minimum Gasteiger partial charge on any atom is -0.488 e. The maximum absolute atomic E-state index is 4.82. The molecule has 1 aliphatic heterocycles. The summed E-state index contributed by atoms with van der Waals surface area (Å²) in [5, 5.41) is 3.72. The summed E-state index contributed by atoms with van der Waals surface area (Å²) in [6, 6.07) is 0. The SMILES string of the molecule is COC1=[C]NCS1. The second kappa shape index (κ2) is 2.12. The first-order chi connectivity index (χ1) is 3.43. The lowest BCUT2D eigenvalue weighted by atomic mass is 10.9. The molecule has 0 fully saturated rings. The van der Waals surface area contributed by atoms with Crippen LogP contribution in [0.1, 0.15) is 0 Å². The van der Waals surface area contributed by atoms with E-state index in [1.807, 2.05) is 0 Å². The highest BCUT2D eigenvalue weighted by atomic mass is 32.2. The highest BCUT2D eigenvalue weighted by Gasteiger charge is 2.01. The van der Waals surface area contributed by atoms with Crippen LogP contribution < -0.4 is 5.32 Å². The quantitative estimate of drug-likeness (QED) is 0.540. The van der Waals surface area contributed by atoms with E-state index in [4.69, 9.17) is 4.74 Å². The lowest BCUT2D eigenvalue weighted by Gasteiger charge is -1.91. The molecule has 2 nitrogen and oxygen atoms in total. The summed E-state index contributed by atoms with van der Waals surface area (Å²) < 4.78 is 4.82. The fourth-order valence-electron chi connectivity index (χ4n) is 0.356. The Morgan fingerprint density at radius 3 is 3.14 bits per heavy atom. The molecular weight excluding hydrogens is 110 g/mol. The first kappa shape index (κ1) is 4.84. The highest BCUT2D eigenvalue weighted by molar-refractivity contribution is 8.03. The Balaban J connectivity index is 2.36. The minimum atomic E-state index is 0.847.